The molecule has 0 fully saturated rings. The Labute approximate surface area is 173 Å². The fourth-order valence-electron chi connectivity index (χ4n) is 2.73. The monoisotopic (exact) mass is 427 g/mol. The number of pyridine rings is 1. The van der Waals surface area contributed by atoms with Crippen LogP contribution < -0.4 is 9.64 Å². The molecule has 3 aromatic rings. The Morgan fingerprint density at radius 2 is 1.83 bits per heavy atom. The number of hydrogen-bond acceptors (Lipinski definition) is 9. The smallest absolute Gasteiger partial charge is 0.403 e. The number of aromatic nitrogens is 3. The minimum atomic E-state index is -1.28. The van der Waals surface area contributed by atoms with E-state index >= 15 is 0 Å². The SMILES string of the molecule is O=C(Oc1ccc([N+](=O)[O-])cc1)OC1c2nccnc2C(=O)N1c1ccc(Cl)cn1. The molecule has 0 radical (unpaired) electrons. The average Bonchev–Trinajstić information content (AvgIpc) is 3.01. The number of benzene rings is 1. The van der Waals surface area contributed by atoms with E-state index < -0.39 is 23.2 Å². The van der Waals surface area contributed by atoms with E-state index in [-0.39, 0.29) is 28.6 Å². The Bertz CT molecular complexity index is 1140. The maximum Gasteiger partial charge on any atom is 0.516 e. The van der Waals surface area contributed by atoms with Gasteiger partial charge in [-0.2, -0.15) is 0 Å². The van der Waals surface area contributed by atoms with Crippen molar-refractivity contribution in [2.24, 2.45) is 0 Å². The summed E-state index contributed by atoms with van der Waals surface area (Å²) < 4.78 is 10.4. The van der Waals surface area contributed by atoms with E-state index in [2.05, 4.69) is 15.0 Å². The number of hydrogen-bond donors (Lipinski definition) is 0. The Hall–Kier alpha value is -4.12. The lowest BCUT2D eigenvalue weighted by Gasteiger charge is -2.22. The Morgan fingerprint density at radius 3 is 2.50 bits per heavy atom. The quantitative estimate of drug-likeness (QED) is 0.265. The van der Waals surface area contributed by atoms with Crippen LogP contribution in [0.3, 0.4) is 0 Å². The van der Waals surface area contributed by atoms with Crippen molar-refractivity contribution in [2.45, 2.75) is 6.23 Å². The first-order chi connectivity index (χ1) is 14.4. The Balaban J connectivity index is 1.59. The van der Waals surface area contributed by atoms with E-state index in [0.29, 0.717) is 5.02 Å². The Morgan fingerprint density at radius 1 is 1.10 bits per heavy atom. The first kappa shape index (κ1) is 19.2. The van der Waals surface area contributed by atoms with Crippen LogP contribution in [0.15, 0.2) is 55.0 Å². The van der Waals surface area contributed by atoms with Crippen LogP contribution in [0.1, 0.15) is 22.4 Å². The molecule has 4 rings (SSSR count). The van der Waals surface area contributed by atoms with Gasteiger partial charge in [-0.05, 0) is 24.3 Å². The van der Waals surface area contributed by atoms with Gasteiger partial charge in [0.1, 0.15) is 17.3 Å². The van der Waals surface area contributed by atoms with Crippen molar-refractivity contribution < 1.29 is 24.0 Å². The van der Waals surface area contributed by atoms with Crippen LogP contribution in [0.25, 0.3) is 0 Å². The van der Waals surface area contributed by atoms with Gasteiger partial charge in [-0.25, -0.2) is 19.7 Å². The summed E-state index contributed by atoms with van der Waals surface area (Å²) in [6.07, 6.45) is 1.59. The molecule has 0 bridgehead atoms. The summed E-state index contributed by atoms with van der Waals surface area (Å²) in [5.74, 6) is -0.385. The van der Waals surface area contributed by atoms with Gasteiger partial charge in [-0.3, -0.25) is 19.9 Å². The van der Waals surface area contributed by atoms with Gasteiger partial charge in [0.2, 0.25) is 6.23 Å². The molecule has 1 atom stereocenters. The van der Waals surface area contributed by atoms with E-state index in [1.54, 1.807) is 0 Å². The summed E-state index contributed by atoms with van der Waals surface area (Å²) >= 11 is 5.85. The summed E-state index contributed by atoms with van der Waals surface area (Å²) in [4.78, 5) is 48.5. The summed E-state index contributed by atoms with van der Waals surface area (Å²) in [5, 5.41) is 11.1. The number of rotatable bonds is 4. The van der Waals surface area contributed by atoms with Gasteiger partial charge in [0.15, 0.2) is 5.69 Å². The molecule has 0 aliphatic carbocycles. The van der Waals surface area contributed by atoms with Gasteiger partial charge in [-0.15, -0.1) is 0 Å². The van der Waals surface area contributed by atoms with Gasteiger partial charge in [0.25, 0.3) is 11.6 Å². The molecule has 0 saturated heterocycles. The highest BCUT2D eigenvalue weighted by Crippen LogP contribution is 2.35. The zero-order chi connectivity index (χ0) is 21.3. The summed E-state index contributed by atoms with van der Waals surface area (Å²) in [6, 6.07) is 7.83. The third-order valence-electron chi connectivity index (χ3n) is 4.03. The molecule has 1 aromatic carbocycles. The highest BCUT2D eigenvalue weighted by atomic mass is 35.5. The third-order valence-corrected chi connectivity index (χ3v) is 4.26. The number of non-ortho nitro benzene ring substituents is 1. The van der Waals surface area contributed by atoms with E-state index in [9.17, 15) is 19.7 Å². The van der Waals surface area contributed by atoms with Crippen LogP contribution in [0.4, 0.5) is 16.3 Å². The van der Waals surface area contributed by atoms with Crippen molar-refractivity contribution in [3.63, 3.8) is 0 Å². The molecule has 150 valence electrons. The molecule has 1 amide bonds. The van der Waals surface area contributed by atoms with Crippen molar-refractivity contribution >= 4 is 35.2 Å². The predicted octanol–water partition coefficient (Wildman–Crippen LogP) is 3.31. The van der Waals surface area contributed by atoms with Crippen LogP contribution in [0, 0.1) is 10.1 Å². The number of halogens is 1. The minimum Gasteiger partial charge on any atom is -0.403 e. The van der Waals surface area contributed by atoms with Gasteiger partial charge in [0, 0.05) is 30.7 Å². The van der Waals surface area contributed by atoms with Gasteiger partial charge in [-0.1, -0.05) is 11.6 Å². The fourth-order valence-corrected chi connectivity index (χ4v) is 2.84. The molecule has 2 aromatic heterocycles. The maximum absolute atomic E-state index is 12.8. The first-order valence-corrected chi connectivity index (χ1v) is 8.71. The minimum absolute atomic E-state index is 0.00221. The molecule has 12 heteroatoms. The van der Waals surface area contributed by atoms with Crippen molar-refractivity contribution in [3.8, 4) is 5.75 Å². The summed E-state index contributed by atoms with van der Waals surface area (Å²) in [5.41, 5.74) is -0.0522. The van der Waals surface area contributed by atoms with Gasteiger partial charge >= 0.3 is 6.16 Å². The zero-order valence-electron chi connectivity index (χ0n) is 14.8. The van der Waals surface area contributed by atoms with E-state index in [4.69, 9.17) is 21.1 Å². The van der Waals surface area contributed by atoms with Crippen molar-refractivity contribution in [1.82, 2.24) is 15.0 Å². The Kier molecular flexibility index (Phi) is 4.94. The molecular formula is C18H10ClN5O6. The standard InChI is InChI=1S/C18H10ClN5O6/c19-10-1-6-13(22-9-10)23-16(25)14-15(21-8-7-20-14)17(23)30-18(26)29-12-4-2-11(3-5-12)24(27)28/h1-9,17H. The van der Waals surface area contributed by atoms with Crippen LogP contribution >= 0.6 is 11.6 Å². The van der Waals surface area contributed by atoms with Crippen LogP contribution in [-0.4, -0.2) is 31.9 Å². The van der Waals surface area contributed by atoms with Gasteiger partial charge in [0.05, 0.1) is 9.95 Å². The molecule has 0 spiro atoms. The summed E-state index contributed by atoms with van der Waals surface area (Å²) in [7, 11) is 0. The molecule has 11 nitrogen and oxygen atoms in total. The number of amides is 1. The molecule has 1 aliphatic heterocycles. The summed E-state index contributed by atoms with van der Waals surface area (Å²) in [6.45, 7) is 0. The second-order valence-corrected chi connectivity index (χ2v) is 6.31. The number of nitrogens with zero attached hydrogens (tertiary/aromatic N) is 5. The molecule has 1 unspecified atom stereocenters. The van der Waals surface area contributed by atoms with E-state index in [1.165, 1.54) is 55.0 Å². The average molecular weight is 428 g/mol. The lowest BCUT2D eigenvalue weighted by Crippen LogP contribution is -2.32. The fraction of sp³-hybridized carbons (Fsp3) is 0.0556. The molecule has 30 heavy (non-hydrogen) atoms. The second-order valence-electron chi connectivity index (χ2n) is 5.87. The molecule has 3 heterocycles. The van der Waals surface area contributed by atoms with Gasteiger partial charge < -0.3 is 9.47 Å². The first-order valence-electron chi connectivity index (χ1n) is 8.33. The van der Waals surface area contributed by atoms with Crippen molar-refractivity contribution in [3.05, 3.63) is 81.5 Å². The third kappa shape index (κ3) is 3.61. The van der Waals surface area contributed by atoms with Crippen molar-refractivity contribution in [1.29, 1.82) is 0 Å². The lowest BCUT2D eigenvalue weighted by atomic mass is 10.3. The maximum atomic E-state index is 12.8. The molecule has 1 aliphatic rings. The number of carbonyl (C=O) groups excluding carboxylic acids is 2. The number of ether oxygens (including phenoxy) is 2. The zero-order valence-corrected chi connectivity index (χ0v) is 15.6. The number of nitro benzene ring substituents is 1. The normalized spacial score (nSPS) is 14.9. The number of fused-ring (bicyclic) bond motifs is 1. The van der Waals surface area contributed by atoms with Crippen LogP contribution in [0.2, 0.25) is 5.02 Å². The predicted molar refractivity (Wildman–Crippen MR) is 101 cm³/mol. The number of nitro groups is 1. The lowest BCUT2D eigenvalue weighted by molar-refractivity contribution is -0.384. The molecular weight excluding hydrogens is 418 g/mol. The number of anilines is 1. The van der Waals surface area contributed by atoms with E-state index in [1.807, 2.05) is 0 Å². The van der Waals surface area contributed by atoms with Crippen LogP contribution in [-0.2, 0) is 4.74 Å². The highest BCUT2D eigenvalue weighted by Gasteiger charge is 2.44. The number of carbonyl (C=O) groups is 2. The van der Waals surface area contributed by atoms with E-state index in [0.717, 1.165) is 4.90 Å². The largest absolute Gasteiger partial charge is 0.516 e. The topological polar surface area (TPSA) is 138 Å². The second kappa shape index (κ2) is 7.72. The van der Waals surface area contributed by atoms with Crippen LogP contribution in [0.5, 0.6) is 5.75 Å². The highest BCUT2D eigenvalue weighted by molar-refractivity contribution is 6.30. The molecule has 0 saturated carbocycles. The van der Waals surface area contributed by atoms with Crippen molar-refractivity contribution in [2.75, 3.05) is 4.90 Å². The molecule has 0 N–H and O–H groups in total.